The quantitative estimate of drug-likeness (QED) is 0.758. The van der Waals surface area contributed by atoms with Gasteiger partial charge in [0.1, 0.15) is 4.90 Å². The Morgan fingerprint density at radius 2 is 2.10 bits per heavy atom. The van der Waals surface area contributed by atoms with E-state index >= 15 is 0 Å². The zero-order valence-corrected chi connectivity index (χ0v) is 12.8. The Hall–Kier alpha value is -1.61. The summed E-state index contributed by atoms with van der Waals surface area (Å²) in [4.78, 5) is 11.2. The third-order valence-electron chi connectivity index (χ3n) is 3.71. The zero-order valence-electron chi connectivity index (χ0n) is 12.0. The van der Waals surface area contributed by atoms with Crippen LogP contribution in [-0.2, 0) is 21.4 Å². The summed E-state index contributed by atoms with van der Waals surface area (Å²) in [6.07, 6.45) is 4.74. The van der Waals surface area contributed by atoms with Crippen LogP contribution >= 0.6 is 0 Å². The molecular formula is C12H21N5O3S. The van der Waals surface area contributed by atoms with E-state index in [0.717, 1.165) is 25.7 Å². The fourth-order valence-corrected chi connectivity index (χ4v) is 4.37. The maximum atomic E-state index is 12.8. The minimum absolute atomic E-state index is 0.0516. The first-order chi connectivity index (χ1) is 9.86. The van der Waals surface area contributed by atoms with E-state index in [2.05, 4.69) is 5.10 Å². The molecule has 2 rings (SSSR count). The monoisotopic (exact) mass is 315 g/mol. The number of aromatic nitrogens is 2. The van der Waals surface area contributed by atoms with Crippen LogP contribution in [0.25, 0.3) is 0 Å². The van der Waals surface area contributed by atoms with Crippen molar-refractivity contribution in [2.45, 2.75) is 50.1 Å². The molecule has 1 aromatic heterocycles. The van der Waals surface area contributed by atoms with E-state index < -0.39 is 15.9 Å². The first-order valence-electron chi connectivity index (χ1n) is 6.99. The van der Waals surface area contributed by atoms with Crippen molar-refractivity contribution in [2.75, 3.05) is 12.3 Å². The van der Waals surface area contributed by atoms with Crippen LogP contribution in [0.2, 0.25) is 0 Å². The lowest BCUT2D eigenvalue weighted by Crippen LogP contribution is -2.44. The van der Waals surface area contributed by atoms with Crippen LogP contribution in [0.5, 0.6) is 0 Å². The summed E-state index contributed by atoms with van der Waals surface area (Å²) in [5.74, 6) is -0.726. The third kappa shape index (κ3) is 3.18. The molecule has 118 valence electrons. The van der Waals surface area contributed by atoms with Gasteiger partial charge in [0.2, 0.25) is 15.9 Å². The van der Waals surface area contributed by atoms with E-state index in [-0.39, 0.29) is 23.3 Å². The van der Waals surface area contributed by atoms with E-state index in [1.165, 1.54) is 15.2 Å². The van der Waals surface area contributed by atoms with E-state index in [4.69, 9.17) is 11.5 Å². The van der Waals surface area contributed by atoms with Crippen molar-refractivity contribution in [3.63, 3.8) is 0 Å². The number of primary amides is 1. The number of sulfonamides is 1. The Bertz CT molecular complexity index is 619. The normalized spacial score (nSPS) is 16.7. The number of nitrogen functional groups attached to an aromatic ring is 1. The highest BCUT2D eigenvalue weighted by Gasteiger charge is 2.36. The summed E-state index contributed by atoms with van der Waals surface area (Å²) < 4.78 is 28.2. The van der Waals surface area contributed by atoms with Crippen molar-refractivity contribution in [1.82, 2.24) is 14.1 Å². The van der Waals surface area contributed by atoms with E-state index in [9.17, 15) is 13.2 Å². The first-order valence-corrected chi connectivity index (χ1v) is 8.43. The molecule has 0 bridgehead atoms. The standard InChI is InChI=1S/C12H21N5O3S/c1-2-16-7-10(12(14)15-16)21(19,20)17(8-11(13)18)9-5-3-4-6-9/h7,9H,2-6,8H2,1H3,(H2,13,18)(H2,14,15). The topological polar surface area (TPSA) is 124 Å². The van der Waals surface area contributed by atoms with Gasteiger partial charge in [-0.2, -0.15) is 9.40 Å². The van der Waals surface area contributed by atoms with Gasteiger partial charge in [0, 0.05) is 18.8 Å². The van der Waals surface area contributed by atoms with Crippen LogP contribution < -0.4 is 11.5 Å². The Kier molecular flexibility index (Phi) is 4.52. The highest BCUT2D eigenvalue weighted by atomic mass is 32.2. The summed E-state index contributed by atoms with van der Waals surface area (Å²) in [5, 5.41) is 3.96. The van der Waals surface area contributed by atoms with Crippen LogP contribution in [0.15, 0.2) is 11.1 Å². The van der Waals surface area contributed by atoms with E-state index in [1.807, 2.05) is 6.92 Å². The Labute approximate surface area is 124 Å². The predicted octanol–water partition coefficient (Wildman–Crippen LogP) is -0.0962. The summed E-state index contributed by atoms with van der Waals surface area (Å²) >= 11 is 0. The number of amides is 1. The van der Waals surface area contributed by atoms with Gasteiger partial charge in [0.05, 0.1) is 6.54 Å². The molecule has 1 aliphatic rings. The number of rotatable bonds is 6. The molecule has 1 aliphatic carbocycles. The average molecular weight is 315 g/mol. The number of hydrogen-bond donors (Lipinski definition) is 2. The summed E-state index contributed by atoms with van der Waals surface area (Å²) in [6, 6.07) is -0.202. The highest BCUT2D eigenvalue weighted by molar-refractivity contribution is 7.89. The van der Waals surface area contributed by atoms with Gasteiger partial charge in [-0.05, 0) is 19.8 Å². The van der Waals surface area contributed by atoms with Crippen molar-refractivity contribution in [2.24, 2.45) is 5.73 Å². The zero-order chi connectivity index (χ0) is 15.6. The third-order valence-corrected chi connectivity index (χ3v) is 5.62. The van der Waals surface area contributed by atoms with E-state index in [0.29, 0.717) is 6.54 Å². The number of carbonyl (C=O) groups is 1. The molecular weight excluding hydrogens is 294 g/mol. The van der Waals surface area contributed by atoms with Gasteiger partial charge < -0.3 is 11.5 Å². The van der Waals surface area contributed by atoms with Gasteiger partial charge in [-0.15, -0.1) is 0 Å². The lowest BCUT2D eigenvalue weighted by molar-refractivity contribution is -0.118. The maximum Gasteiger partial charge on any atom is 0.249 e. The Morgan fingerprint density at radius 3 is 2.57 bits per heavy atom. The fraction of sp³-hybridized carbons (Fsp3) is 0.667. The van der Waals surface area contributed by atoms with Gasteiger partial charge in [-0.1, -0.05) is 12.8 Å². The van der Waals surface area contributed by atoms with Crippen LogP contribution in [0.1, 0.15) is 32.6 Å². The van der Waals surface area contributed by atoms with Crippen molar-refractivity contribution in [3.8, 4) is 0 Å². The molecule has 4 N–H and O–H groups in total. The van der Waals surface area contributed by atoms with Gasteiger partial charge in [-0.25, -0.2) is 8.42 Å². The molecule has 1 aromatic rings. The second-order valence-corrected chi connectivity index (χ2v) is 7.05. The summed E-state index contributed by atoms with van der Waals surface area (Å²) in [5.41, 5.74) is 10.9. The Balaban J connectivity index is 2.40. The molecule has 8 nitrogen and oxygen atoms in total. The number of carbonyl (C=O) groups excluding carboxylic acids is 1. The van der Waals surface area contributed by atoms with Crippen LogP contribution in [0, 0.1) is 0 Å². The molecule has 0 unspecified atom stereocenters. The molecule has 0 radical (unpaired) electrons. The highest BCUT2D eigenvalue weighted by Crippen LogP contribution is 2.30. The molecule has 1 heterocycles. The number of anilines is 1. The molecule has 0 aliphatic heterocycles. The number of aryl methyl sites for hydroxylation is 1. The molecule has 0 atom stereocenters. The predicted molar refractivity (Wildman–Crippen MR) is 77.7 cm³/mol. The van der Waals surface area contributed by atoms with Gasteiger partial charge >= 0.3 is 0 Å². The lowest BCUT2D eigenvalue weighted by atomic mass is 10.2. The number of nitrogens with two attached hydrogens (primary N) is 2. The van der Waals surface area contributed by atoms with Crippen LogP contribution in [-0.4, -0.2) is 41.0 Å². The van der Waals surface area contributed by atoms with Crippen molar-refractivity contribution in [3.05, 3.63) is 6.20 Å². The number of hydrogen-bond acceptors (Lipinski definition) is 5. The van der Waals surface area contributed by atoms with Crippen LogP contribution in [0.4, 0.5) is 5.82 Å². The molecule has 0 spiro atoms. The first kappa shape index (κ1) is 15.8. The molecule has 9 heteroatoms. The van der Waals surface area contributed by atoms with E-state index in [1.54, 1.807) is 0 Å². The lowest BCUT2D eigenvalue weighted by Gasteiger charge is -2.26. The molecule has 1 fully saturated rings. The average Bonchev–Trinajstić information content (AvgIpc) is 3.04. The molecule has 1 amide bonds. The van der Waals surface area contributed by atoms with Gasteiger partial charge in [0.15, 0.2) is 5.82 Å². The molecule has 1 saturated carbocycles. The molecule has 0 saturated heterocycles. The largest absolute Gasteiger partial charge is 0.381 e. The smallest absolute Gasteiger partial charge is 0.249 e. The second kappa shape index (κ2) is 6.02. The minimum atomic E-state index is -3.88. The molecule has 0 aromatic carbocycles. The maximum absolute atomic E-state index is 12.8. The van der Waals surface area contributed by atoms with Gasteiger partial charge in [-0.3, -0.25) is 9.48 Å². The summed E-state index contributed by atoms with van der Waals surface area (Å²) in [7, 11) is -3.88. The Morgan fingerprint density at radius 1 is 1.48 bits per heavy atom. The minimum Gasteiger partial charge on any atom is -0.381 e. The van der Waals surface area contributed by atoms with Crippen molar-refractivity contribution < 1.29 is 13.2 Å². The van der Waals surface area contributed by atoms with Crippen LogP contribution in [0.3, 0.4) is 0 Å². The van der Waals surface area contributed by atoms with Crippen molar-refractivity contribution in [1.29, 1.82) is 0 Å². The number of nitrogens with zero attached hydrogens (tertiary/aromatic N) is 3. The van der Waals surface area contributed by atoms with Gasteiger partial charge in [0.25, 0.3) is 0 Å². The summed E-state index contributed by atoms with van der Waals surface area (Å²) in [6.45, 7) is 2.02. The molecule has 21 heavy (non-hydrogen) atoms. The second-order valence-electron chi connectivity index (χ2n) is 5.19. The fourth-order valence-electron chi connectivity index (χ4n) is 2.66. The van der Waals surface area contributed by atoms with Crippen molar-refractivity contribution >= 4 is 21.7 Å². The SMILES string of the molecule is CCn1cc(S(=O)(=O)N(CC(N)=O)C2CCCC2)c(N)n1.